The smallest absolute Gasteiger partial charge is 0.307 e. The number of aliphatic carboxylic acids is 1. The van der Waals surface area contributed by atoms with Gasteiger partial charge in [0.05, 0.1) is 13.0 Å². The first-order valence-corrected chi connectivity index (χ1v) is 3.63. The summed E-state index contributed by atoms with van der Waals surface area (Å²) in [6.07, 6.45) is -0.0310. The van der Waals surface area contributed by atoms with Gasteiger partial charge in [-0.25, -0.2) is 0 Å². The minimum atomic E-state index is -0.879. The van der Waals surface area contributed by atoms with E-state index in [2.05, 4.69) is 0 Å². The molecule has 1 aromatic rings. The first kappa shape index (κ1) is 8.74. The van der Waals surface area contributed by atoms with Crippen LogP contribution in [0, 0.1) is 0 Å². The summed E-state index contributed by atoms with van der Waals surface area (Å²) in [7, 11) is 0. The highest BCUT2D eigenvalue weighted by atomic mass is 16.4. The number of carbonyl (C=O) groups is 1. The molecular weight excluding hydrogens is 156 g/mol. The lowest BCUT2D eigenvalue weighted by Crippen LogP contribution is -2.03. The highest BCUT2D eigenvalue weighted by Crippen LogP contribution is 2.08. The normalized spacial score (nSPS) is 9.75. The molecule has 0 bridgehead atoms. The summed E-state index contributed by atoms with van der Waals surface area (Å²) in [6, 6.07) is 6.96. The molecule has 0 amide bonds. The van der Waals surface area contributed by atoms with Crippen molar-refractivity contribution < 1.29 is 15.0 Å². The third-order valence-electron chi connectivity index (χ3n) is 1.63. The summed E-state index contributed by atoms with van der Waals surface area (Å²) in [5.74, 6) is -0.879. The van der Waals surface area contributed by atoms with Crippen LogP contribution in [-0.4, -0.2) is 16.2 Å². The van der Waals surface area contributed by atoms with Gasteiger partial charge in [0.2, 0.25) is 0 Å². The fourth-order valence-corrected chi connectivity index (χ4v) is 1.05. The van der Waals surface area contributed by atoms with Gasteiger partial charge in [-0.1, -0.05) is 24.3 Å². The van der Waals surface area contributed by atoms with Gasteiger partial charge in [-0.15, -0.1) is 0 Å². The standard InChI is InChI=1S/C9H10O3/c10-6-8-4-2-1-3-7(8)5-9(11)12/h1-4,10H,5-6H2,(H,11,12). The Kier molecular flexibility index (Phi) is 2.82. The van der Waals surface area contributed by atoms with Gasteiger partial charge in [0.25, 0.3) is 0 Å². The van der Waals surface area contributed by atoms with Crippen LogP contribution in [0.1, 0.15) is 11.1 Å². The molecule has 0 aliphatic rings. The molecule has 2 N–H and O–H groups in total. The van der Waals surface area contributed by atoms with Gasteiger partial charge < -0.3 is 10.2 Å². The van der Waals surface area contributed by atoms with Gasteiger partial charge in [-0.3, -0.25) is 4.79 Å². The van der Waals surface area contributed by atoms with Crippen molar-refractivity contribution in [2.45, 2.75) is 13.0 Å². The predicted octanol–water partition coefficient (Wildman–Crippen LogP) is 0.806. The van der Waals surface area contributed by atoms with E-state index in [0.29, 0.717) is 11.1 Å². The van der Waals surface area contributed by atoms with E-state index < -0.39 is 5.97 Å². The Bertz CT molecular complexity index is 281. The van der Waals surface area contributed by atoms with E-state index in [0.717, 1.165) is 0 Å². The molecule has 12 heavy (non-hydrogen) atoms. The molecule has 0 saturated heterocycles. The fourth-order valence-electron chi connectivity index (χ4n) is 1.05. The third-order valence-corrected chi connectivity index (χ3v) is 1.63. The molecule has 0 aliphatic heterocycles. The van der Waals surface area contributed by atoms with Crippen LogP contribution in [0.3, 0.4) is 0 Å². The molecule has 1 aromatic carbocycles. The van der Waals surface area contributed by atoms with Crippen LogP contribution in [0.5, 0.6) is 0 Å². The van der Waals surface area contributed by atoms with E-state index in [1.54, 1.807) is 24.3 Å². The summed E-state index contributed by atoms with van der Waals surface area (Å²) in [4.78, 5) is 10.4. The average molecular weight is 166 g/mol. The van der Waals surface area contributed by atoms with Crippen LogP contribution in [-0.2, 0) is 17.8 Å². The molecule has 0 aromatic heterocycles. The second kappa shape index (κ2) is 3.88. The van der Waals surface area contributed by atoms with Crippen molar-refractivity contribution in [3.63, 3.8) is 0 Å². The van der Waals surface area contributed by atoms with Crippen LogP contribution in [0.15, 0.2) is 24.3 Å². The molecule has 0 fully saturated rings. The second-order valence-corrected chi connectivity index (χ2v) is 2.50. The minimum absolute atomic E-state index is 0.0310. The van der Waals surface area contributed by atoms with Gasteiger partial charge in [0.1, 0.15) is 0 Å². The summed E-state index contributed by atoms with van der Waals surface area (Å²) in [5.41, 5.74) is 1.35. The lowest BCUT2D eigenvalue weighted by molar-refractivity contribution is -0.136. The lowest BCUT2D eigenvalue weighted by Gasteiger charge is -2.02. The van der Waals surface area contributed by atoms with Crippen molar-refractivity contribution in [2.24, 2.45) is 0 Å². The molecule has 3 nitrogen and oxygen atoms in total. The SMILES string of the molecule is O=C(O)Cc1ccccc1CO. The molecule has 0 atom stereocenters. The van der Waals surface area contributed by atoms with E-state index in [4.69, 9.17) is 10.2 Å². The van der Waals surface area contributed by atoms with E-state index >= 15 is 0 Å². The van der Waals surface area contributed by atoms with Crippen molar-refractivity contribution in [3.05, 3.63) is 35.4 Å². The molecule has 0 saturated carbocycles. The number of aliphatic hydroxyl groups excluding tert-OH is 1. The molecule has 0 heterocycles. The summed E-state index contributed by atoms with van der Waals surface area (Å²) in [6.45, 7) is -0.108. The Labute approximate surface area is 70.3 Å². The first-order chi connectivity index (χ1) is 5.74. The monoisotopic (exact) mass is 166 g/mol. The third kappa shape index (κ3) is 2.07. The van der Waals surface area contributed by atoms with Crippen LogP contribution in [0.25, 0.3) is 0 Å². The van der Waals surface area contributed by atoms with E-state index in [1.807, 2.05) is 0 Å². The maximum atomic E-state index is 10.4. The van der Waals surface area contributed by atoms with Crippen molar-refractivity contribution >= 4 is 5.97 Å². The van der Waals surface area contributed by atoms with Gasteiger partial charge in [-0.2, -0.15) is 0 Å². The molecular formula is C9H10O3. The van der Waals surface area contributed by atoms with Crippen LogP contribution in [0.4, 0.5) is 0 Å². The molecule has 0 aliphatic carbocycles. The van der Waals surface area contributed by atoms with Gasteiger partial charge >= 0.3 is 5.97 Å². The minimum Gasteiger partial charge on any atom is -0.481 e. The Morgan fingerprint density at radius 1 is 1.25 bits per heavy atom. The largest absolute Gasteiger partial charge is 0.481 e. The van der Waals surface area contributed by atoms with E-state index in [1.165, 1.54) is 0 Å². The summed E-state index contributed by atoms with van der Waals surface area (Å²) < 4.78 is 0. The number of rotatable bonds is 3. The topological polar surface area (TPSA) is 57.5 Å². The molecule has 0 unspecified atom stereocenters. The fraction of sp³-hybridized carbons (Fsp3) is 0.222. The number of hydrogen-bond acceptors (Lipinski definition) is 2. The molecule has 1 rings (SSSR count). The van der Waals surface area contributed by atoms with Gasteiger partial charge in [0.15, 0.2) is 0 Å². The Hall–Kier alpha value is -1.35. The number of hydrogen-bond donors (Lipinski definition) is 2. The van der Waals surface area contributed by atoms with Crippen molar-refractivity contribution in [1.82, 2.24) is 0 Å². The van der Waals surface area contributed by atoms with Crippen molar-refractivity contribution in [3.8, 4) is 0 Å². The van der Waals surface area contributed by atoms with Gasteiger partial charge in [-0.05, 0) is 11.1 Å². The first-order valence-electron chi connectivity index (χ1n) is 3.63. The molecule has 3 heteroatoms. The van der Waals surface area contributed by atoms with Crippen LogP contribution in [0.2, 0.25) is 0 Å². The highest BCUT2D eigenvalue weighted by molar-refractivity contribution is 5.70. The average Bonchev–Trinajstić information content (AvgIpc) is 2.04. The number of aliphatic hydroxyl groups is 1. The Morgan fingerprint density at radius 3 is 2.33 bits per heavy atom. The van der Waals surface area contributed by atoms with Crippen molar-refractivity contribution in [2.75, 3.05) is 0 Å². The van der Waals surface area contributed by atoms with Crippen LogP contribution < -0.4 is 0 Å². The zero-order chi connectivity index (χ0) is 8.97. The van der Waals surface area contributed by atoms with Gasteiger partial charge in [0, 0.05) is 0 Å². The van der Waals surface area contributed by atoms with Crippen LogP contribution >= 0.6 is 0 Å². The number of benzene rings is 1. The Balaban J connectivity index is 2.89. The molecule has 0 radical (unpaired) electrons. The maximum Gasteiger partial charge on any atom is 0.307 e. The maximum absolute atomic E-state index is 10.4. The summed E-state index contributed by atoms with van der Waals surface area (Å²) >= 11 is 0. The zero-order valence-electron chi connectivity index (χ0n) is 6.53. The summed E-state index contributed by atoms with van der Waals surface area (Å²) in [5, 5.41) is 17.3. The van der Waals surface area contributed by atoms with Crippen molar-refractivity contribution in [1.29, 1.82) is 0 Å². The lowest BCUT2D eigenvalue weighted by atomic mass is 10.1. The Morgan fingerprint density at radius 2 is 1.83 bits per heavy atom. The zero-order valence-corrected chi connectivity index (χ0v) is 6.53. The second-order valence-electron chi connectivity index (χ2n) is 2.50. The van der Waals surface area contributed by atoms with E-state index in [9.17, 15) is 4.79 Å². The molecule has 0 spiro atoms. The predicted molar refractivity (Wildman–Crippen MR) is 43.7 cm³/mol. The van der Waals surface area contributed by atoms with E-state index in [-0.39, 0.29) is 13.0 Å². The molecule has 64 valence electrons. The number of carboxylic acid groups (broad SMARTS) is 1. The number of carboxylic acids is 1. The quantitative estimate of drug-likeness (QED) is 0.698. The highest BCUT2D eigenvalue weighted by Gasteiger charge is 2.04.